The summed E-state index contributed by atoms with van der Waals surface area (Å²) < 4.78 is 0. The molecule has 110 valence electrons. The van der Waals surface area contributed by atoms with Crippen molar-refractivity contribution < 1.29 is 0 Å². The molecule has 0 radical (unpaired) electrons. The molecule has 2 N–H and O–H groups in total. The highest BCUT2D eigenvalue weighted by Crippen LogP contribution is 2.29. The van der Waals surface area contributed by atoms with E-state index in [4.69, 9.17) is 0 Å². The first kappa shape index (κ1) is 13.8. The van der Waals surface area contributed by atoms with Gasteiger partial charge in [0.15, 0.2) is 0 Å². The number of aryl methyl sites for hydroxylation is 1. The lowest BCUT2D eigenvalue weighted by Gasteiger charge is -2.38. The van der Waals surface area contributed by atoms with E-state index in [1.807, 2.05) is 6.07 Å². The fourth-order valence-electron chi connectivity index (χ4n) is 3.73. The maximum atomic E-state index is 11.4. The monoisotopic (exact) mass is 275 g/mol. The summed E-state index contributed by atoms with van der Waals surface area (Å²) in [6, 6.07) is 4.68. The predicted molar refractivity (Wildman–Crippen MR) is 80.9 cm³/mol. The van der Waals surface area contributed by atoms with Crippen molar-refractivity contribution in [2.75, 3.05) is 20.1 Å². The lowest BCUT2D eigenvalue weighted by atomic mass is 9.87. The molecule has 0 aromatic carbocycles. The number of nitrogens with zero attached hydrogens (tertiary/aromatic N) is 1. The van der Waals surface area contributed by atoms with E-state index in [-0.39, 0.29) is 5.56 Å². The van der Waals surface area contributed by atoms with Crippen molar-refractivity contribution in [3.05, 3.63) is 33.7 Å². The lowest BCUT2D eigenvalue weighted by Crippen LogP contribution is -2.48. The smallest absolute Gasteiger partial charge is 0.248 e. The van der Waals surface area contributed by atoms with Crippen LogP contribution in [0, 0.1) is 5.92 Å². The van der Waals surface area contributed by atoms with Gasteiger partial charge in [-0.25, -0.2) is 0 Å². The number of hydrogen-bond donors (Lipinski definition) is 2. The third-order valence-corrected chi connectivity index (χ3v) is 4.86. The lowest BCUT2D eigenvalue weighted by molar-refractivity contribution is 0.163. The van der Waals surface area contributed by atoms with Crippen molar-refractivity contribution in [1.29, 1.82) is 0 Å². The Kier molecular flexibility index (Phi) is 3.94. The van der Waals surface area contributed by atoms with Crippen LogP contribution in [0.5, 0.6) is 0 Å². The molecule has 0 spiro atoms. The van der Waals surface area contributed by atoms with Gasteiger partial charge in [0.05, 0.1) is 0 Å². The number of hydrogen-bond acceptors (Lipinski definition) is 3. The van der Waals surface area contributed by atoms with E-state index < -0.39 is 0 Å². The highest BCUT2D eigenvalue weighted by atomic mass is 16.1. The Bertz CT molecular complexity index is 525. The molecule has 1 aromatic rings. The van der Waals surface area contributed by atoms with Crippen molar-refractivity contribution >= 4 is 0 Å². The van der Waals surface area contributed by atoms with Crippen LogP contribution in [0.15, 0.2) is 16.9 Å². The molecule has 3 atom stereocenters. The Morgan fingerprint density at radius 3 is 3.00 bits per heavy atom. The number of likely N-dealkylation sites (tertiary alicyclic amines) is 1. The molecule has 2 aliphatic rings. The highest BCUT2D eigenvalue weighted by molar-refractivity contribution is 5.26. The molecule has 1 aromatic heterocycles. The molecule has 4 heteroatoms. The van der Waals surface area contributed by atoms with Gasteiger partial charge in [-0.3, -0.25) is 4.79 Å². The average Bonchev–Trinajstić information content (AvgIpc) is 2.41. The first-order valence-electron chi connectivity index (χ1n) is 7.80. The molecule has 20 heavy (non-hydrogen) atoms. The second-order valence-corrected chi connectivity index (χ2v) is 6.50. The van der Waals surface area contributed by atoms with E-state index in [0.29, 0.717) is 18.0 Å². The third-order valence-electron chi connectivity index (χ3n) is 4.86. The third kappa shape index (κ3) is 2.81. The standard InChI is InChI=1S/C16H25N3O/c1-11-10-19(2)9-8-13(11)17-14-4-3-5-15-12(14)6-7-16(20)18-15/h6-7,11,13-14,17H,3-5,8-10H2,1-2H3,(H,18,20). The van der Waals surface area contributed by atoms with Gasteiger partial charge < -0.3 is 15.2 Å². The van der Waals surface area contributed by atoms with E-state index in [0.717, 1.165) is 18.5 Å². The molecule has 1 saturated heterocycles. The molecule has 4 nitrogen and oxygen atoms in total. The van der Waals surface area contributed by atoms with Crippen LogP contribution in [0.4, 0.5) is 0 Å². The van der Waals surface area contributed by atoms with Gasteiger partial charge in [0.2, 0.25) is 5.56 Å². The summed E-state index contributed by atoms with van der Waals surface area (Å²) in [6.07, 6.45) is 4.56. The van der Waals surface area contributed by atoms with Gasteiger partial charge in [-0.15, -0.1) is 0 Å². The SMILES string of the molecule is CC1CN(C)CCC1NC1CCCc2[nH]c(=O)ccc21. The van der Waals surface area contributed by atoms with Gasteiger partial charge in [0.1, 0.15) is 0 Å². The summed E-state index contributed by atoms with van der Waals surface area (Å²) >= 11 is 0. The molecule has 2 heterocycles. The van der Waals surface area contributed by atoms with Gasteiger partial charge in [-0.1, -0.05) is 13.0 Å². The molecule has 0 amide bonds. The molecule has 0 bridgehead atoms. The minimum Gasteiger partial charge on any atom is -0.326 e. The zero-order valence-corrected chi connectivity index (χ0v) is 12.5. The summed E-state index contributed by atoms with van der Waals surface area (Å²) in [5, 5.41) is 3.86. The quantitative estimate of drug-likeness (QED) is 0.863. The van der Waals surface area contributed by atoms with Gasteiger partial charge in [-0.05, 0) is 50.8 Å². The second-order valence-electron chi connectivity index (χ2n) is 6.50. The zero-order valence-electron chi connectivity index (χ0n) is 12.5. The van der Waals surface area contributed by atoms with Crippen LogP contribution in [-0.4, -0.2) is 36.1 Å². The fourth-order valence-corrected chi connectivity index (χ4v) is 3.73. The maximum absolute atomic E-state index is 11.4. The second kappa shape index (κ2) is 5.70. The van der Waals surface area contributed by atoms with Crippen LogP contribution in [0.3, 0.4) is 0 Å². The predicted octanol–water partition coefficient (Wildman–Crippen LogP) is 1.68. The topological polar surface area (TPSA) is 48.1 Å². The van der Waals surface area contributed by atoms with Gasteiger partial charge in [0, 0.05) is 30.4 Å². The van der Waals surface area contributed by atoms with Crippen LogP contribution >= 0.6 is 0 Å². The Morgan fingerprint density at radius 1 is 1.35 bits per heavy atom. The Labute approximate surface area is 120 Å². The van der Waals surface area contributed by atoms with Crippen molar-refractivity contribution in [3.8, 4) is 0 Å². The molecular weight excluding hydrogens is 250 g/mol. The molecule has 3 rings (SSSR count). The number of pyridine rings is 1. The van der Waals surface area contributed by atoms with Crippen LogP contribution in [0.1, 0.15) is 43.5 Å². The van der Waals surface area contributed by atoms with Crippen LogP contribution in [0.25, 0.3) is 0 Å². The Balaban J connectivity index is 1.75. The number of nitrogens with one attached hydrogen (secondary N) is 2. The molecule has 1 aliphatic carbocycles. The summed E-state index contributed by atoms with van der Waals surface area (Å²) in [4.78, 5) is 16.9. The molecular formula is C16H25N3O. The van der Waals surface area contributed by atoms with E-state index in [1.54, 1.807) is 6.07 Å². The summed E-state index contributed by atoms with van der Waals surface area (Å²) in [5.41, 5.74) is 2.47. The number of H-pyrrole nitrogens is 1. The van der Waals surface area contributed by atoms with Crippen molar-refractivity contribution in [2.24, 2.45) is 5.92 Å². The largest absolute Gasteiger partial charge is 0.326 e. The Hall–Kier alpha value is -1.13. The zero-order chi connectivity index (χ0) is 14.1. The highest BCUT2D eigenvalue weighted by Gasteiger charge is 2.28. The van der Waals surface area contributed by atoms with Crippen LogP contribution in [0.2, 0.25) is 0 Å². The van der Waals surface area contributed by atoms with Crippen molar-refractivity contribution in [3.63, 3.8) is 0 Å². The molecule has 0 saturated carbocycles. The minimum absolute atomic E-state index is 0.0251. The fraction of sp³-hybridized carbons (Fsp3) is 0.688. The van der Waals surface area contributed by atoms with Gasteiger partial charge in [-0.2, -0.15) is 0 Å². The summed E-state index contributed by atoms with van der Waals surface area (Å²) in [5.74, 6) is 0.682. The minimum atomic E-state index is 0.0251. The number of aromatic amines is 1. The molecule has 1 aliphatic heterocycles. The van der Waals surface area contributed by atoms with Gasteiger partial charge in [0.25, 0.3) is 0 Å². The number of fused-ring (bicyclic) bond motifs is 1. The summed E-state index contributed by atoms with van der Waals surface area (Å²) in [6.45, 7) is 4.68. The average molecular weight is 275 g/mol. The van der Waals surface area contributed by atoms with Crippen LogP contribution < -0.4 is 10.9 Å². The van der Waals surface area contributed by atoms with Crippen molar-refractivity contribution in [2.45, 2.75) is 44.7 Å². The number of aromatic nitrogens is 1. The number of rotatable bonds is 2. The summed E-state index contributed by atoms with van der Waals surface area (Å²) in [7, 11) is 2.20. The first-order chi connectivity index (χ1) is 9.63. The molecule has 3 unspecified atom stereocenters. The van der Waals surface area contributed by atoms with E-state index in [2.05, 4.69) is 29.2 Å². The molecule has 1 fully saturated rings. The maximum Gasteiger partial charge on any atom is 0.248 e. The van der Waals surface area contributed by atoms with Crippen LogP contribution in [-0.2, 0) is 6.42 Å². The first-order valence-corrected chi connectivity index (χ1v) is 7.80. The van der Waals surface area contributed by atoms with Gasteiger partial charge >= 0.3 is 0 Å². The Morgan fingerprint density at radius 2 is 2.20 bits per heavy atom. The van der Waals surface area contributed by atoms with E-state index in [1.165, 1.54) is 31.5 Å². The van der Waals surface area contributed by atoms with E-state index >= 15 is 0 Å². The normalized spacial score (nSPS) is 31.0. The number of piperidine rings is 1. The van der Waals surface area contributed by atoms with E-state index in [9.17, 15) is 4.79 Å². The van der Waals surface area contributed by atoms with Crippen molar-refractivity contribution in [1.82, 2.24) is 15.2 Å².